The maximum absolute atomic E-state index is 11.3. The number of nitrogens with zero attached hydrogens (tertiary/aromatic N) is 1. The van der Waals surface area contributed by atoms with Crippen LogP contribution in [0.4, 0.5) is 0 Å². The summed E-state index contributed by atoms with van der Waals surface area (Å²) in [7, 11) is 0. The maximum atomic E-state index is 11.3. The molecule has 0 aliphatic heterocycles. The van der Waals surface area contributed by atoms with Crippen LogP contribution in [0.5, 0.6) is 0 Å². The molecule has 0 fully saturated rings. The van der Waals surface area contributed by atoms with Crippen molar-refractivity contribution in [3.63, 3.8) is 0 Å². The van der Waals surface area contributed by atoms with Gasteiger partial charge in [0.05, 0.1) is 18.2 Å². The third-order valence-electron chi connectivity index (χ3n) is 1.77. The molecular weight excluding hydrogens is 166 g/mol. The van der Waals surface area contributed by atoms with Gasteiger partial charge in [0, 0.05) is 6.20 Å². The van der Waals surface area contributed by atoms with Crippen LogP contribution in [0.1, 0.15) is 25.5 Å². The van der Waals surface area contributed by atoms with Gasteiger partial charge in [-0.3, -0.25) is 9.78 Å². The number of hydrogen-bond acceptors (Lipinski definition) is 3. The molecule has 0 aromatic carbocycles. The van der Waals surface area contributed by atoms with Gasteiger partial charge in [-0.2, -0.15) is 0 Å². The van der Waals surface area contributed by atoms with Gasteiger partial charge < -0.3 is 4.74 Å². The highest BCUT2D eigenvalue weighted by atomic mass is 16.5. The lowest BCUT2D eigenvalue weighted by Gasteiger charge is -2.08. The van der Waals surface area contributed by atoms with Gasteiger partial charge in [0.2, 0.25) is 0 Å². The Balaban J connectivity index is 2.68. The molecule has 3 nitrogen and oxygen atoms in total. The van der Waals surface area contributed by atoms with Crippen molar-refractivity contribution in [1.82, 2.24) is 4.98 Å². The highest BCUT2D eigenvalue weighted by molar-refractivity contribution is 5.76. The molecule has 0 N–H and O–H groups in total. The van der Waals surface area contributed by atoms with E-state index >= 15 is 0 Å². The van der Waals surface area contributed by atoms with E-state index in [1.807, 2.05) is 18.2 Å². The molecule has 1 aromatic rings. The van der Waals surface area contributed by atoms with Crippen molar-refractivity contribution in [3.05, 3.63) is 30.1 Å². The average Bonchev–Trinajstić information content (AvgIpc) is 2.18. The topological polar surface area (TPSA) is 39.2 Å². The van der Waals surface area contributed by atoms with E-state index in [1.54, 1.807) is 20.0 Å². The summed E-state index contributed by atoms with van der Waals surface area (Å²) in [5, 5.41) is 0. The van der Waals surface area contributed by atoms with E-state index in [-0.39, 0.29) is 11.9 Å². The van der Waals surface area contributed by atoms with Gasteiger partial charge >= 0.3 is 5.97 Å². The van der Waals surface area contributed by atoms with Crippen LogP contribution >= 0.6 is 0 Å². The third-order valence-corrected chi connectivity index (χ3v) is 1.77. The Hall–Kier alpha value is -1.38. The van der Waals surface area contributed by atoms with E-state index < -0.39 is 0 Å². The fraction of sp³-hybridized carbons (Fsp3) is 0.400. The molecule has 1 heterocycles. The Kier molecular flexibility index (Phi) is 3.43. The van der Waals surface area contributed by atoms with Crippen molar-refractivity contribution >= 4 is 5.97 Å². The number of rotatable bonds is 3. The molecule has 0 bridgehead atoms. The number of carbonyl (C=O) groups excluding carboxylic acids is 1. The van der Waals surface area contributed by atoms with Gasteiger partial charge in [0.25, 0.3) is 0 Å². The minimum Gasteiger partial charge on any atom is -0.465 e. The highest BCUT2D eigenvalue weighted by Gasteiger charge is 2.16. The largest absolute Gasteiger partial charge is 0.465 e. The van der Waals surface area contributed by atoms with Crippen LogP contribution in [0, 0.1) is 0 Å². The number of hydrogen-bond donors (Lipinski definition) is 0. The minimum atomic E-state index is -0.277. The van der Waals surface area contributed by atoms with E-state index in [9.17, 15) is 4.79 Å². The molecule has 1 atom stereocenters. The Morgan fingerprint density at radius 2 is 2.38 bits per heavy atom. The second-order valence-electron chi connectivity index (χ2n) is 2.73. The zero-order valence-electron chi connectivity index (χ0n) is 7.86. The van der Waals surface area contributed by atoms with E-state index in [4.69, 9.17) is 4.74 Å². The Morgan fingerprint density at radius 1 is 1.62 bits per heavy atom. The fourth-order valence-corrected chi connectivity index (χ4v) is 1.02. The minimum absolute atomic E-state index is 0.221. The van der Waals surface area contributed by atoms with Gasteiger partial charge in [-0.1, -0.05) is 6.07 Å². The van der Waals surface area contributed by atoms with Crippen LogP contribution in [-0.2, 0) is 9.53 Å². The summed E-state index contributed by atoms with van der Waals surface area (Å²) in [5.74, 6) is -0.498. The average molecular weight is 179 g/mol. The van der Waals surface area contributed by atoms with Gasteiger partial charge in [-0.15, -0.1) is 0 Å². The second-order valence-corrected chi connectivity index (χ2v) is 2.73. The lowest BCUT2D eigenvalue weighted by Crippen LogP contribution is -2.13. The number of ether oxygens (including phenoxy) is 1. The number of esters is 1. The van der Waals surface area contributed by atoms with Gasteiger partial charge in [0.15, 0.2) is 0 Å². The number of carbonyl (C=O) groups is 1. The van der Waals surface area contributed by atoms with Crippen LogP contribution in [0.3, 0.4) is 0 Å². The van der Waals surface area contributed by atoms with Crippen LogP contribution in [0.25, 0.3) is 0 Å². The molecule has 0 radical (unpaired) electrons. The van der Waals surface area contributed by atoms with E-state index in [2.05, 4.69) is 4.98 Å². The predicted octanol–water partition coefficient (Wildman–Crippen LogP) is 1.75. The molecule has 0 saturated heterocycles. The van der Waals surface area contributed by atoms with E-state index in [0.717, 1.165) is 5.69 Å². The zero-order valence-corrected chi connectivity index (χ0v) is 7.86. The van der Waals surface area contributed by atoms with Gasteiger partial charge in [-0.05, 0) is 26.0 Å². The highest BCUT2D eigenvalue weighted by Crippen LogP contribution is 2.12. The summed E-state index contributed by atoms with van der Waals surface area (Å²) in [6, 6.07) is 5.50. The molecule has 3 heteroatoms. The molecule has 0 aliphatic rings. The van der Waals surface area contributed by atoms with Crippen molar-refractivity contribution in [2.45, 2.75) is 19.8 Å². The van der Waals surface area contributed by atoms with Crippen molar-refractivity contribution in [2.24, 2.45) is 0 Å². The maximum Gasteiger partial charge on any atom is 0.314 e. The van der Waals surface area contributed by atoms with E-state index in [1.165, 1.54) is 0 Å². The number of pyridine rings is 1. The second kappa shape index (κ2) is 4.60. The normalized spacial score (nSPS) is 12.2. The quantitative estimate of drug-likeness (QED) is 0.663. The molecule has 1 rings (SSSR count). The molecule has 70 valence electrons. The molecule has 0 unspecified atom stereocenters. The van der Waals surface area contributed by atoms with E-state index in [0.29, 0.717) is 6.61 Å². The lowest BCUT2D eigenvalue weighted by molar-refractivity contribution is -0.144. The summed E-state index contributed by atoms with van der Waals surface area (Å²) < 4.78 is 4.88. The predicted molar refractivity (Wildman–Crippen MR) is 49.3 cm³/mol. The third kappa shape index (κ3) is 2.54. The van der Waals surface area contributed by atoms with Crippen molar-refractivity contribution in [2.75, 3.05) is 6.61 Å². The standard InChI is InChI=1S/C10H13NO2/c1-3-13-10(12)8(2)9-6-4-5-7-11-9/h4-8H,3H2,1-2H3/t8-/m0/s1. The number of aromatic nitrogens is 1. The summed E-state index contributed by atoms with van der Waals surface area (Å²) >= 11 is 0. The van der Waals surface area contributed by atoms with Crippen molar-refractivity contribution in [1.29, 1.82) is 0 Å². The first-order valence-electron chi connectivity index (χ1n) is 4.33. The molecule has 0 saturated carbocycles. The summed E-state index contributed by atoms with van der Waals surface area (Å²) in [5.41, 5.74) is 0.751. The summed E-state index contributed by atoms with van der Waals surface area (Å²) in [6.45, 7) is 4.00. The van der Waals surface area contributed by atoms with Crippen LogP contribution < -0.4 is 0 Å². The molecule has 0 spiro atoms. The van der Waals surface area contributed by atoms with Crippen LogP contribution in [0.2, 0.25) is 0 Å². The molecular formula is C10H13NO2. The van der Waals surface area contributed by atoms with Gasteiger partial charge in [0.1, 0.15) is 0 Å². The van der Waals surface area contributed by atoms with Crippen LogP contribution in [0.15, 0.2) is 24.4 Å². The summed E-state index contributed by atoms with van der Waals surface area (Å²) in [6.07, 6.45) is 1.67. The molecule has 0 aliphatic carbocycles. The summed E-state index contributed by atoms with van der Waals surface area (Å²) in [4.78, 5) is 15.4. The van der Waals surface area contributed by atoms with Crippen molar-refractivity contribution in [3.8, 4) is 0 Å². The Labute approximate surface area is 77.8 Å². The first-order valence-corrected chi connectivity index (χ1v) is 4.33. The molecule has 13 heavy (non-hydrogen) atoms. The Bertz CT molecular complexity index is 272. The zero-order chi connectivity index (χ0) is 9.68. The SMILES string of the molecule is CCOC(=O)[C@@H](C)c1ccccn1. The lowest BCUT2D eigenvalue weighted by atomic mass is 10.1. The Morgan fingerprint density at radius 3 is 2.92 bits per heavy atom. The molecule has 1 aromatic heterocycles. The fourth-order valence-electron chi connectivity index (χ4n) is 1.02. The van der Waals surface area contributed by atoms with Crippen LogP contribution in [-0.4, -0.2) is 17.6 Å². The monoisotopic (exact) mass is 179 g/mol. The van der Waals surface area contributed by atoms with Gasteiger partial charge in [-0.25, -0.2) is 0 Å². The molecule has 0 amide bonds. The van der Waals surface area contributed by atoms with Crippen molar-refractivity contribution < 1.29 is 9.53 Å². The smallest absolute Gasteiger partial charge is 0.314 e. The first-order chi connectivity index (χ1) is 6.25. The first kappa shape index (κ1) is 9.71.